The minimum atomic E-state index is -1.17. The van der Waals surface area contributed by atoms with Gasteiger partial charge in [0, 0.05) is 5.69 Å². The Labute approximate surface area is 206 Å². The molecule has 3 heterocycles. The number of rotatable bonds is 9. The first-order valence-corrected chi connectivity index (χ1v) is 12.4. The second kappa shape index (κ2) is 9.43. The molecule has 3 aliphatic heterocycles. The van der Waals surface area contributed by atoms with Crippen molar-refractivity contribution in [2.24, 2.45) is 17.8 Å². The van der Waals surface area contributed by atoms with Crippen molar-refractivity contribution in [1.82, 2.24) is 4.90 Å². The van der Waals surface area contributed by atoms with E-state index < -0.39 is 47.0 Å². The second-order valence-electron chi connectivity index (χ2n) is 10.1. The number of nitrogens with one attached hydrogen (secondary N) is 1. The van der Waals surface area contributed by atoms with E-state index in [2.05, 4.69) is 5.32 Å². The summed E-state index contributed by atoms with van der Waals surface area (Å²) in [5.74, 6) is -2.27. The molecular weight excluding hydrogens is 452 g/mol. The van der Waals surface area contributed by atoms with Gasteiger partial charge in [-0.3, -0.25) is 14.4 Å². The number of carbonyl (C=O) groups is 3. The van der Waals surface area contributed by atoms with Crippen molar-refractivity contribution in [3.63, 3.8) is 0 Å². The third kappa shape index (κ3) is 3.89. The lowest BCUT2D eigenvalue weighted by atomic mass is 9.66. The molecule has 2 bridgehead atoms. The average Bonchev–Trinajstić information content (AvgIpc) is 3.41. The van der Waals surface area contributed by atoms with Crippen LogP contribution in [0.1, 0.15) is 47.0 Å². The van der Waals surface area contributed by atoms with Gasteiger partial charge in [0.25, 0.3) is 0 Å². The Kier molecular flexibility index (Phi) is 6.85. The number of aliphatic hydroxyl groups is 1. The van der Waals surface area contributed by atoms with Crippen molar-refractivity contribution in [3.05, 3.63) is 24.3 Å². The number of benzene rings is 1. The Morgan fingerprint density at radius 2 is 1.94 bits per heavy atom. The van der Waals surface area contributed by atoms with Gasteiger partial charge in [-0.15, -0.1) is 0 Å². The molecule has 0 radical (unpaired) electrons. The van der Waals surface area contributed by atoms with Gasteiger partial charge in [0.15, 0.2) is 0 Å². The van der Waals surface area contributed by atoms with E-state index in [1.165, 1.54) is 4.90 Å². The second-order valence-corrected chi connectivity index (χ2v) is 10.1. The Hall–Kier alpha value is -2.65. The van der Waals surface area contributed by atoms with Gasteiger partial charge in [0.1, 0.15) is 23.3 Å². The van der Waals surface area contributed by atoms with Crippen LogP contribution in [0.2, 0.25) is 0 Å². The van der Waals surface area contributed by atoms with Gasteiger partial charge in [0.05, 0.1) is 37.9 Å². The largest absolute Gasteiger partial charge is 0.497 e. The third-order valence-corrected chi connectivity index (χ3v) is 8.21. The van der Waals surface area contributed by atoms with E-state index in [-0.39, 0.29) is 25.0 Å². The van der Waals surface area contributed by atoms with Gasteiger partial charge in [-0.1, -0.05) is 20.3 Å². The molecular formula is C26H36N2O7. The van der Waals surface area contributed by atoms with Crippen LogP contribution in [0, 0.1) is 17.8 Å². The zero-order chi connectivity index (χ0) is 25.5. The highest BCUT2D eigenvalue weighted by molar-refractivity contribution is 6.03. The normalized spacial score (nSPS) is 32.8. The zero-order valence-corrected chi connectivity index (χ0v) is 21.1. The highest BCUT2D eigenvalue weighted by Crippen LogP contribution is 2.63. The van der Waals surface area contributed by atoms with Crippen LogP contribution in [-0.4, -0.2) is 71.4 Å². The van der Waals surface area contributed by atoms with E-state index in [9.17, 15) is 19.5 Å². The van der Waals surface area contributed by atoms with Crippen molar-refractivity contribution in [3.8, 4) is 5.75 Å². The molecule has 0 aromatic heterocycles. The van der Waals surface area contributed by atoms with E-state index in [1.54, 1.807) is 38.3 Å². The summed E-state index contributed by atoms with van der Waals surface area (Å²) in [5.41, 5.74) is -1.50. The van der Waals surface area contributed by atoms with Crippen LogP contribution in [0.15, 0.2) is 24.3 Å². The van der Waals surface area contributed by atoms with E-state index >= 15 is 0 Å². The van der Waals surface area contributed by atoms with Gasteiger partial charge in [0.2, 0.25) is 11.8 Å². The van der Waals surface area contributed by atoms with E-state index in [4.69, 9.17) is 14.2 Å². The number of nitrogens with zero attached hydrogens (tertiary/aromatic N) is 1. The standard InChI is InChI=1S/C26H36N2O7/c1-6-15(3)18(14-29)28-21(22(30)27-16-8-10-17(33-5)11-9-16)26-13-12-25(4,35-26)20(19(26)23(28)31)24(32)34-7-2/h8-11,15,18-21,29H,6-7,12-14H2,1-5H3,(H,27,30)/t15-,18-,19-,20-,21?,25+,26?/m0/s1. The molecule has 0 saturated carbocycles. The predicted octanol–water partition coefficient (Wildman–Crippen LogP) is 2.37. The van der Waals surface area contributed by atoms with Crippen LogP contribution in [-0.2, 0) is 23.9 Å². The SMILES string of the molecule is CCOC(=O)[C@@H]1[C@H]2C(=O)N([C@@H](CO)[C@@H](C)CC)C(C(=O)Nc3ccc(OC)cc3)C23CC[C@@]1(C)O3. The summed E-state index contributed by atoms with van der Waals surface area (Å²) in [6, 6.07) is 5.34. The number of anilines is 1. The highest BCUT2D eigenvalue weighted by atomic mass is 16.6. The van der Waals surface area contributed by atoms with Crippen molar-refractivity contribution in [2.45, 2.75) is 70.2 Å². The number of fused-ring (bicyclic) bond motifs is 1. The number of aliphatic hydroxyl groups excluding tert-OH is 1. The van der Waals surface area contributed by atoms with Gasteiger partial charge in [-0.2, -0.15) is 0 Å². The van der Waals surface area contributed by atoms with Crippen LogP contribution < -0.4 is 10.1 Å². The van der Waals surface area contributed by atoms with E-state index in [0.29, 0.717) is 30.7 Å². The smallest absolute Gasteiger partial charge is 0.312 e. The molecule has 3 fully saturated rings. The maximum atomic E-state index is 14.0. The lowest BCUT2D eigenvalue weighted by Gasteiger charge is -2.39. The summed E-state index contributed by atoms with van der Waals surface area (Å²) >= 11 is 0. The molecule has 192 valence electrons. The lowest BCUT2D eigenvalue weighted by Crippen LogP contribution is -2.57. The van der Waals surface area contributed by atoms with Crippen molar-refractivity contribution >= 4 is 23.5 Å². The summed E-state index contributed by atoms with van der Waals surface area (Å²) in [4.78, 5) is 42.5. The van der Waals surface area contributed by atoms with Gasteiger partial charge in [-0.25, -0.2) is 0 Å². The molecule has 1 spiro atoms. The van der Waals surface area contributed by atoms with E-state index in [1.807, 2.05) is 20.8 Å². The number of ether oxygens (including phenoxy) is 3. The summed E-state index contributed by atoms with van der Waals surface area (Å²) < 4.78 is 17.1. The Morgan fingerprint density at radius 3 is 2.51 bits per heavy atom. The van der Waals surface area contributed by atoms with Crippen molar-refractivity contribution < 1.29 is 33.7 Å². The molecule has 2 amide bonds. The summed E-state index contributed by atoms with van der Waals surface area (Å²) in [6.07, 6.45) is 1.71. The van der Waals surface area contributed by atoms with Crippen LogP contribution in [0.5, 0.6) is 5.75 Å². The highest BCUT2D eigenvalue weighted by Gasteiger charge is 2.78. The number of hydrogen-bond donors (Lipinski definition) is 2. The van der Waals surface area contributed by atoms with Crippen molar-refractivity contribution in [2.75, 3.05) is 25.6 Å². The van der Waals surface area contributed by atoms with Crippen molar-refractivity contribution in [1.29, 1.82) is 0 Å². The number of likely N-dealkylation sites (tertiary alicyclic amines) is 1. The molecule has 9 heteroatoms. The Balaban J connectivity index is 1.77. The quantitative estimate of drug-likeness (QED) is 0.513. The first-order valence-electron chi connectivity index (χ1n) is 12.4. The molecule has 35 heavy (non-hydrogen) atoms. The number of methoxy groups -OCH3 is 1. The molecule has 2 N–H and O–H groups in total. The molecule has 1 aromatic rings. The Morgan fingerprint density at radius 1 is 1.26 bits per heavy atom. The molecule has 0 aliphatic carbocycles. The van der Waals surface area contributed by atoms with Crippen LogP contribution >= 0.6 is 0 Å². The average molecular weight is 489 g/mol. The van der Waals surface area contributed by atoms with Crippen LogP contribution in [0.3, 0.4) is 0 Å². The number of carbonyl (C=O) groups excluding carboxylic acids is 3. The topological polar surface area (TPSA) is 114 Å². The Bertz CT molecular complexity index is 982. The molecule has 3 aliphatic rings. The summed E-state index contributed by atoms with van der Waals surface area (Å²) in [7, 11) is 1.56. The predicted molar refractivity (Wildman–Crippen MR) is 128 cm³/mol. The first-order chi connectivity index (χ1) is 16.7. The number of amides is 2. The third-order valence-electron chi connectivity index (χ3n) is 8.21. The van der Waals surface area contributed by atoms with Gasteiger partial charge in [-0.05, 0) is 56.9 Å². The minimum Gasteiger partial charge on any atom is -0.497 e. The van der Waals surface area contributed by atoms with Crippen LogP contribution in [0.25, 0.3) is 0 Å². The first kappa shape index (κ1) is 25.4. The van der Waals surface area contributed by atoms with Crippen LogP contribution in [0.4, 0.5) is 5.69 Å². The molecule has 2 unspecified atom stereocenters. The monoisotopic (exact) mass is 488 g/mol. The fourth-order valence-corrected chi connectivity index (χ4v) is 6.31. The summed E-state index contributed by atoms with van der Waals surface area (Å²) in [5, 5.41) is 13.2. The molecule has 1 aromatic carbocycles. The van der Waals surface area contributed by atoms with E-state index in [0.717, 1.165) is 0 Å². The molecule has 7 atom stereocenters. The molecule has 9 nitrogen and oxygen atoms in total. The number of esters is 1. The fourth-order valence-electron chi connectivity index (χ4n) is 6.31. The minimum absolute atomic E-state index is 0.0655. The molecule has 3 saturated heterocycles. The number of hydrogen-bond acceptors (Lipinski definition) is 7. The summed E-state index contributed by atoms with van der Waals surface area (Å²) in [6.45, 7) is 7.37. The van der Waals surface area contributed by atoms with Gasteiger partial charge >= 0.3 is 5.97 Å². The zero-order valence-electron chi connectivity index (χ0n) is 21.1. The maximum absolute atomic E-state index is 14.0. The molecule has 4 rings (SSSR count). The maximum Gasteiger partial charge on any atom is 0.312 e. The van der Waals surface area contributed by atoms with Gasteiger partial charge < -0.3 is 29.5 Å². The fraction of sp³-hybridized carbons (Fsp3) is 0.654. The lowest BCUT2D eigenvalue weighted by molar-refractivity contribution is -0.160.